The Hall–Kier alpha value is -3.41. The average Bonchev–Trinajstić information content (AvgIpc) is 3.21. The van der Waals surface area contributed by atoms with E-state index in [2.05, 4.69) is 21.4 Å². The summed E-state index contributed by atoms with van der Waals surface area (Å²) in [6.07, 6.45) is -0.166. The number of hydroxylamine groups is 1. The van der Waals surface area contributed by atoms with Crippen molar-refractivity contribution < 1.29 is 34.2 Å². The normalized spacial score (nSPS) is 15.8. The molecule has 3 rings (SSSR count). The fraction of sp³-hybridized carbons (Fsp3) is 0.227. The largest absolute Gasteiger partial charge is 0.508 e. The molecule has 11 heteroatoms. The predicted molar refractivity (Wildman–Crippen MR) is 120 cm³/mol. The number of nitrogens with one attached hydrogen (secondary N) is 1. The van der Waals surface area contributed by atoms with E-state index in [4.69, 9.17) is 20.4 Å². The molecular weight excluding hydrogens is 498 g/mol. The monoisotopic (exact) mass is 519 g/mol. The van der Waals surface area contributed by atoms with Crippen LogP contribution in [0.15, 0.2) is 59.2 Å². The molecule has 1 aliphatic heterocycles. The van der Waals surface area contributed by atoms with E-state index >= 15 is 0 Å². The number of aliphatic carboxylic acids is 1. The summed E-state index contributed by atoms with van der Waals surface area (Å²) in [6.45, 7) is -0.266. The molecule has 1 aliphatic rings. The van der Waals surface area contributed by atoms with Gasteiger partial charge < -0.3 is 20.7 Å². The minimum Gasteiger partial charge on any atom is -0.508 e. The zero-order valence-electron chi connectivity index (χ0n) is 17.3. The number of amides is 2. The second-order valence-electron chi connectivity index (χ2n) is 7.22. The van der Waals surface area contributed by atoms with Gasteiger partial charge in [0.15, 0.2) is 0 Å². The van der Waals surface area contributed by atoms with Crippen LogP contribution in [0.1, 0.15) is 21.5 Å². The number of carboxylic acid groups (broad SMARTS) is 1. The molecule has 0 bridgehead atoms. The molecule has 33 heavy (non-hydrogen) atoms. The maximum atomic E-state index is 13.4. The third kappa shape index (κ3) is 6.54. The van der Waals surface area contributed by atoms with Crippen LogP contribution >= 0.6 is 15.9 Å². The Labute approximate surface area is 197 Å². The molecule has 174 valence electrons. The first-order valence-electron chi connectivity index (χ1n) is 9.86. The molecular formula is C22H22BrN3O7. The molecule has 1 heterocycles. The summed E-state index contributed by atoms with van der Waals surface area (Å²) in [5.41, 5.74) is 9.12. The van der Waals surface area contributed by atoms with Crippen molar-refractivity contribution in [1.29, 1.82) is 0 Å². The van der Waals surface area contributed by atoms with Gasteiger partial charge in [0, 0.05) is 5.56 Å². The van der Waals surface area contributed by atoms with Gasteiger partial charge in [0.05, 0.1) is 6.54 Å². The van der Waals surface area contributed by atoms with Crippen molar-refractivity contribution in [2.24, 2.45) is 5.73 Å². The van der Waals surface area contributed by atoms with Crippen molar-refractivity contribution in [3.63, 3.8) is 0 Å². The first kappa shape index (κ1) is 24.2. The number of benzene rings is 2. The topological polar surface area (TPSA) is 151 Å². The van der Waals surface area contributed by atoms with Crippen LogP contribution in [0.25, 0.3) is 0 Å². The number of halogens is 1. The third-order valence-electron chi connectivity index (χ3n) is 4.75. The number of carboxylic acids is 1. The van der Waals surface area contributed by atoms with Crippen LogP contribution in [-0.2, 0) is 27.4 Å². The number of nitrogens with two attached hydrogens (primary N) is 1. The molecule has 2 aromatic rings. The Bertz CT molecular complexity index is 1060. The number of carbonyl (C=O) groups excluding carboxylic acids is 2. The molecule has 0 saturated carbocycles. The molecule has 5 N–H and O–H groups in total. The zero-order chi connectivity index (χ0) is 24.0. The second kappa shape index (κ2) is 10.9. The third-order valence-corrected chi connectivity index (χ3v) is 5.18. The van der Waals surface area contributed by atoms with Crippen molar-refractivity contribution in [1.82, 2.24) is 10.4 Å². The number of phenolic OH excluding ortho intramolecular Hbond substituents is 1. The number of imide groups is 1. The number of carbonyl (C=O) groups is 3. The first-order valence-corrected chi connectivity index (χ1v) is 10.7. The number of hydrogen-bond donors (Lipinski definition) is 4. The zero-order valence-corrected chi connectivity index (χ0v) is 18.9. The first-order chi connectivity index (χ1) is 15.7. The fourth-order valence-electron chi connectivity index (χ4n) is 3.08. The number of nitrogens with zero attached hydrogens (tertiary/aromatic N) is 1. The van der Waals surface area contributed by atoms with Crippen molar-refractivity contribution >= 4 is 33.9 Å². The van der Waals surface area contributed by atoms with Crippen molar-refractivity contribution in [3.05, 3.63) is 75.9 Å². The van der Waals surface area contributed by atoms with Gasteiger partial charge in [0.2, 0.25) is 0 Å². The summed E-state index contributed by atoms with van der Waals surface area (Å²) in [6, 6.07) is 11.5. The van der Waals surface area contributed by atoms with E-state index in [1.807, 2.05) is 6.07 Å². The SMILES string of the molecule is N[C@@H](Cc1ccc(O)cc1C(=O)N(CC1C=C(Br)NO1)C(=O)OCc1ccccc1)C(=O)O. The standard InChI is InChI=1S/C22H22BrN3O7/c23-19-10-16(33-25-19)11-26(22(31)32-12-13-4-2-1-3-5-13)20(28)17-9-15(27)7-6-14(17)8-18(24)21(29)30/h1-7,9-10,16,18,25,27H,8,11-12,24H2,(H,29,30)/t16?,18-/m0/s1. The van der Waals surface area contributed by atoms with Crippen molar-refractivity contribution in [2.45, 2.75) is 25.2 Å². The molecule has 2 aromatic carbocycles. The smallest absolute Gasteiger partial charge is 0.417 e. The minimum atomic E-state index is -1.28. The number of rotatable bonds is 8. The molecule has 10 nitrogen and oxygen atoms in total. The Balaban J connectivity index is 1.87. The van der Waals surface area contributed by atoms with Crippen LogP contribution < -0.4 is 11.2 Å². The Morgan fingerprint density at radius 1 is 1.21 bits per heavy atom. The summed E-state index contributed by atoms with van der Waals surface area (Å²) in [5.74, 6) is -2.28. The van der Waals surface area contributed by atoms with E-state index in [1.54, 1.807) is 30.3 Å². The average molecular weight is 520 g/mol. The Kier molecular flexibility index (Phi) is 8.04. The van der Waals surface area contributed by atoms with Gasteiger partial charge in [-0.05, 0) is 51.7 Å². The van der Waals surface area contributed by atoms with Gasteiger partial charge in [-0.1, -0.05) is 36.4 Å². The molecule has 2 atom stereocenters. The van der Waals surface area contributed by atoms with Crippen LogP contribution in [0.5, 0.6) is 5.75 Å². The molecule has 0 radical (unpaired) electrons. The highest BCUT2D eigenvalue weighted by Crippen LogP contribution is 2.22. The lowest BCUT2D eigenvalue weighted by Gasteiger charge is -2.24. The maximum Gasteiger partial charge on any atom is 0.417 e. The van der Waals surface area contributed by atoms with E-state index in [0.717, 1.165) is 16.5 Å². The molecule has 0 spiro atoms. The van der Waals surface area contributed by atoms with Crippen molar-refractivity contribution in [2.75, 3.05) is 6.54 Å². The van der Waals surface area contributed by atoms with Crippen molar-refractivity contribution in [3.8, 4) is 5.75 Å². The molecule has 1 unspecified atom stereocenters. The van der Waals surface area contributed by atoms with Crippen LogP contribution in [0.4, 0.5) is 4.79 Å². The minimum absolute atomic E-state index is 0.0659. The Morgan fingerprint density at radius 2 is 1.94 bits per heavy atom. The highest BCUT2D eigenvalue weighted by Gasteiger charge is 2.31. The predicted octanol–water partition coefficient (Wildman–Crippen LogP) is 2.27. The van der Waals surface area contributed by atoms with E-state index in [-0.39, 0.29) is 36.4 Å². The molecule has 0 aromatic heterocycles. The molecule has 0 saturated heterocycles. The van der Waals surface area contributed by atoms with Gasteiger partial charge in [0.1, 0.15) is 29.1 Å². The van der Waals surface area contributed by atoms with Gasteiger partial charge in [-0.15, -0.1) is 0 Å². The van der Waals surface area contributed by atoms with Crippen LogP contribution in [0.3, 0.4) is 0 Å². The lowest BCUT2D eigenvalue weighted by molar-refractivity contribution is -0.138. The highest BCUT2D eigenvalue weighted by atomic mass is 79.9. The van der Waals surface area contributed by atoms with Crippen LogP contribution in [-0.4, -0.2) is 51.8 Å². The van der Waals surface area contributed by atoms with Gasteiger partial charge in [-0.2, -0.15) is 0 Å². The van der Waals surface area contributed by atoms with Gasteiger partial charge in [-0.25, -0.2) is 9.69 Å². The molecule has 2 amide bonds. The Morgan fingerprint density at radius 3 is 2.58 bits per heavy atom. The summed E-state index contributed by atoms with van der Waals surface area (Å²) < 4.78 is 5.87. The van der Waals surface area contributed by atoms with Crippen LogP contribution in [0, 0.1) is 0 Å². The summed E-state index contributed by atoms with van der Waals surface area (Å²) in [7, 11) is 0. The second-order valence-corrected chi connectivity index (χ2v) is 8.07. The van der Waals surface area contributed by atoms with E-state index in [0.29, 0.717) is 4.61 Å². The number of ether oxygens (including phenoxy) is 1. The summed E-state index contributed by atoms with van der Waals surface area (Å²) >= 11 is 3.21. The lowest BCUT2D eigenvalue weighted by Crippen LogP contribution is -2.43. The number of hydrogen-bond acceptors (Lipinski definition) is 8. The van der Waals surface area contributed by atoms with E-state index in [1.165, 1.54) is 12.1 Å². The number of phenols is 1. The van der Waals surface area contributed by atoms with Gasteiger partial charge in [-0.3, -0.25) is 19.9 Å². The quantitative estimate of drug-likeness (QED) is 0.384. The summed E-state index contributed by atoms with van der Waals surface area (Å²) in [4.78, 5) is 43.7. The highest BCUT2D eigenvalue weighted by molar-refractivity contribution is 9.11. The van der Waals surface area contributed by atoms with E-state index in [9.17, 15) is 19.5 Å². The molecule has 0 aliphatic carbocycles. The van der Waals surface area contributed by atoms with Gasteiger partial charge in [0.25, 0.3) is 5.91 Å². The van der Waals surface area contributed by atoms with E-state index < -0.39 is 30.1 Å². The summed E-state index contributed by atoms with van der Waals surface area (Å²) in [5, 5.41) is 19.1. The molecule has 0 fully saturated rings. The number of aromatic hydroxyl groups is 1. The lowest BCUT2D eigenvalue weighted by atomic mass is 9.99. The van der Waals surface area contributed by atoms with Gasteiger partial charge >= 0.3 is 12.1 Å². The van der Waals surface area contributed by atoms with Crippen LogP contribution in [0.2, 0.25) is 0 Å². The fourth-order valence-corrected chi connectivity index (χ4v) is 3.47. The maximum absolute atomic E-state index is 13.4.